The number of benzene rings is 11. The molecule has 11 aromatic carbocycles. The second-order valence-corrected chi connectivity index (χ2v) is 28.3. The summed E-state index contributed by atoms with van der Waals surface area (Å²) in [5, 5.41) is 12.6. The highest BCUT2D eigenvalue weighted by atomic mass is 15.2. The van der Waals surface area contributed by atoms with E-state index in [1.165, 1.54) is 110 Å². The van der Waals surface area contributed by atoms with Crippen LogP contribution in [0.1, 0.15) is 155 Å². The van der Waals surface area contributed by atoms with Crippen molar-refractivity contribution in [2.45, 2.75) is 143 Å². The highest BCUT2D eigenvalue weighted by Gasteiger charge is 2.43. The van der Waals surface area contributed by atoms with Crippen molar-refractivity contribution in [3.05, 3.63) is 239 Å². The first-order valence-electron chi connectivity index (χ1n) is 29.2. The van der Waals surface area contributed by atoms with Crippen molar-refractivity contribution < 1.29 is 0 Å². The Bertz CT molecular complexity index is 3830. The van der Waals surface area contributed by atoms with E-state index in [0.717, 1.165) is 22.7 Å². The van der Waals surface area contributed by atoms with Crippen LogP contribution in [0.3, 0.4) is 0 Å². The molecule has 11 aromatic rings. The summed E-state index contributed by atoms with van der Waals surface area (Å²) < 4.78 is 0. The van der Waals surface area contributed by atoms with Crippen LogP contribution in [0, 0.1) is 0 Å². The Morgan fingerprint density at radius 1 is 0.237 bits per heavy atom. The lowest BCUT2D eigenvalue weighted by atomic mass is 9.59. The Kier molecular flexibility index (Phi) is 12.2. The summed E-state index contributed by atoms with van der Waals surface area (Å²) in [5.74, 6) is 0. The molecular weight excluding hydrogens is 965 g/mol. The molecule has 0 saturated heterocycles. The van der Waals surface area contributed by atoms with Gasteiger partial charge in [0.25, 0.3) is 0 Å². The summed E-state index contributed by atoms with van der Waals surface area (Å²) in [7, 11) is 0. The maximum Gasteiger partial charge on any atom is 0.0620 e. The minimum atomic E-state index is -0.378. The Morgan fingerprint density at radius 3 is 0.662 bits per heavy atom. The van der Waals surface area contributed by atoms with Crippen LogP contribution < -0.4 is 9.80 Å². The quantitative estimate of drug-likeness (QED) is 0.0930. The first-order valence-corrected chi connectivity index (χ1v) is 29.2. The lowest BCUT2D eigenvalue weighted by Crippen LogP contribution is -2.36. The second kappa shape index (κ2) is 18.4. The number of rotatable bonds is 6. The highest BCUT2D eigenvalue weighted by Crippen LogP contribution is 2.58. The molecule has 0 aliphatic heterocycles. The first kappa shape index (κ1) is 53.0. The van der Waals surface area contributed by atoms with E-state index in [4.69, 9.17) is 0 Å². The van der Waals surface area contributed by atoms with Gasteiger partial charge < -0.3 is 9.80 Å². The van der Waals surface area contributed by atoms with Crippen LogP contribution in [-0.4, -0.2) is 0 Å². The highest BCUT2D eigenvalue weighted by molar-refractivity contribution is 6.26. The van der Waals surface area contributed by atoms with Gasteiger partial charge in [-0.1, -0.05) is 232 Å². The number of hydrogen-bond donors (Lipinski definition) is 0. The van der Waals surface area contributed by atoms with E-state index in [0.29, 0.717) is 0 Å². The normalized spacial score (nSPS) is 14.4. The van der Waals surface area contributed by atoms with Crippen LogP contribution in [0.5, 0.6) is 0 Å². The summed E-state index contributed by atoms with van der Waals surface area (Å²) in [6, 6.07) is 75.3. The van der Waals surface area contributed by atoms with Gasteiger partial charge in [0.15, 0.2) is 0 Å². The molecule has 0 N–H and O–H groups in total. The molecule has 0 atom stereocenters. The van der Waals surface area contributed by atoms with Gasteiger partial charge in [0, 0.05) is 55.1 Å². The van der Waals surface area contributed by atoms with E-state index in [2.05, 4.69) is 315 Å². The predicted octanol–water partition coefficient (Wildman–Crippen LogP) is 22.5. The molecule has 0 unspecified atom stereocenters. The summed E-state index contributed by atoms with van der Waals surface area (Å²) in [6.45, 7) is 37.6. The van der Waals surface area contributed by atoms with Crippen molar-refractivity contribution >= 4 is 88.0 Å². The number of hydrogen-bond acceptors (Lipinski definition) is 2. The van der Waals surface area contributed by atoms with Gasteiger partial charge in [-0.2, -0.15) is 0 Å². The minimum Gasteiger partial charge on any atom is -0.309 e. The van der Waals surface area contributed by atoms with Crippen LogP contribution in [0.2, 0.25) is 0 Å². The van der Waals surface area contributed by atoms with E-state index in [9.17, 15) is 0 Å². The zero-order valence-corrected chi connectivity index (χ0v) is 50.4. The summed E-state index contributed by atoms with van der Waals surface area (Å²) in [4.78, 5) is 5.14. The lowest BCUT2D eigenvalue weighted by Gasteiger charge is -2.45. The van der Waals surface area contributed by atoms with Crippen molar-refractivity contribution in [1.29, 1.82) is 0 Å². The molecule has 0 fully saturated rings. The van der Waals surface area contributed by atoms with E-state index in [-0.39, 0.29) is 32.5 Å². The monoisotopic (exact) mass is 1040 g/mol. The van der Waals surface area contributed by atoms with Crippen LogP contribution in [-0.2, 0) is 32.5 Å². The van der Waals surface area contributed by atoms with Crippen molar-refractivity contribution in [3.63, 3.8) is 0 Å². The maximum atomic E-state index is 2.63. The van der Waals surface area contributed by atoms with Gasteiger partial charge in [0.2, 0.25) is 0 Å². The SMILES string of the molecule is CC(C)(C)c1ccc(N(c2ccc(C(C)(C)C)cc2)c2c3ccccc3c(N(c3ccc(C(C)(C)C)cc3)c3ccc(C(C)(C)C)cc3)c3cc4c(cc23)C(C)(C)c2cc3c5ccccc5c5ccccc5c3cc2C4(C)C)cc1. The molecule has 0 bridgehead atoms. The summed E-state index contributed by atoms with van der Waals surface area (Å²) >= 11 is 0. The van der Waals surface area contributed by atoms with Crippen molar-refractivity contribution in [2.24, 2.45) is 0 Å². The third-order valence-corrected chi connectivity index (χ3v) is 18.1. The largest absolute Gasteiger partial charge is 0.309 e. The molecule has 0 aromatic heterocycles. The molecule has 2 nitrogen and oxygen atoms in total. The fourth-order valence-corrected chi connectivity index (χ4v) is 13.2. The van der Waals surface area contributed by atoms with Crippen molar-refractivity contribution in [3.8, 4) is 0 Å². The zero-order chi connectivity index (χ0) is 56.6. The lowest BCUT2D eigenvalue weighted by molar-refractivity contribution is 0.523. The summed E-state index contributed by atoms with van der Waals surface area (Å²) in [6.07, 6.45) is 0. The van der Waals surface area contributed by atoms with Gasteiger partial charge in [-0.15, -0.1) is 0 Å². The topological polar surface area (TPSA) is 6.48 Å². The fourth-order valence-electron chi connectivity index (χ4n) is 13.2. The van der Waals surface area contributed by atoms with Crippen LogP contribution >= 0.6 is 0 Å². The molecule has 0 radical (unpaired) electrons. The molecule has 402 valence electrons. The predicted molar refractivity (Wildman–Crippen MR) is 349 cm³/mol. The van der Waals surface area contributed by atoms with E-state index >= 15 is 0 Å². The maximum absolute atomic E-state index is 2.63. The van der Waals surface area contributed by atoms with Gasteiger partial charge >= 0.3 is 0 Å². The number of fused-ring (bicyclic) bond motifs is 10. The minimum absolute atomic E-state index is 0.00314. The average Bonchev–Trinajstić information content (AvgIpc) is 1.31. The zero-order valence-electron chi connectivity index (χ0n) is 50.4. The molecule has 0 amide bonds. The van der Waals surface area contributed by atoms with Gasteiger partial charge in [0.1, 0.15) is 0 Å². The smallest absolute Gasteiger partial charge is 0.0620 e. The van der Waals surface area contributed by atoms with Gasteiger partial charge in [-0.25, -0.2) is 0 Å². The van der Waals surface area contributed by atoms with Gasteiger partial charge in [-0.05, 0) is 171 Å². The van der Waals surface area contributed by atoms with Gasteiger partial charge in [-0.3, -0.25) is 0 Å². The third kappa shape index (κ3) is 8.68. The van der Waals surface area contributed by atoms with E-state index in [1.54, 1.807) is 0 Å². The van der Waals surface area contributed by atoms with Crippen LogP contribution in [0.25, 0.3) is 53.9 Å². The van der Waals surface area contributed by atoms with Crippen molar-refractivity contribution in [1.82, 2.24) is 0 Å². The molecular formula is C78H80N2. The molecule has 1 aliphatic rings. The third-order valence-electron chi connectivity index (χ3n) is 18.1. The molecule has 0 spiro atoms. The van der Waals surface area contributed by atoms with Crippen LogP contribution in [0.4, 0.5) is 34.1 Å². The fraction of sp³-hybridized carbons (Fsp3) is 0.282. The van der Waals surface area contributed by atoms with E-state index < -0.39 is 0 Å². The number of nitrogens with zero attached hydrogens (tertiary/aromatic N) is 2. The van der Waals surface area contributed by atoms with Crippen LogP contribution in [0.15, 0.2) is 194 Å². The first-order chi connectivity index (χ1) is 37.7. The van der Waals surface area contributed by atoms with Crippen molar-refractivity contribution in [2.75, 3.05) is 9.80 Å². The molecule has 80 heavy (non-hydrogen) atoms. The Morgan fingerprint density at radius 2 is 0.438 bits per heavy atom. The van der Waals surface area contributed by atoms with E-state index in [1.807, 2.05) is 0 Å². The molecule has 12 rings (SSSR count). The number of anilines is 6. The molecule has 2 heteroatoms. The molecule has 1 aliphatic carbocycles. The Labute approximate surface area is 477 Å². The average molecular weight is 1050 g/mol. The Hall–Kier alpha value is -7.68. The van der Waals surface area contributed by atoms with Gasteiger partial charge in [0.05, 0.1) is 11.4 Å². The molecule has 0 heterocycles. The molecule has 0 saturated carbocycles. The second-order valence-electron chi connectivity index (χ2n) is 28.3. The summed E-state index contributed by atoms with van der Waals surface area (Å²) in [5.41, 5.74) is 16.8. The Balaban J connectivity index is 1.24. The standard InChI is InChI=1S/C78H80N2/c1-73(2,3)49-29-37-53(38-30-49)79(54-39-31-50(32-40-54)74(4,5)6)71-61-27-21-22-28-62(61)72(80(55-41-33-51(34-42-55)75(7,8)9)56-43-35-52(36-44-56)76(10,11)12)66-48-70-69(47-65(66)71)77(13,14)67-45-63-59-25-19-17-23-57(59)58-24-18-20-26-60(58)64(63)46-68(67)78(70,15)16/h17-48H,1-16H3.